The van der Waals surface area contributed by atoms with Gasteiger partial charge in [-0.05, 0) is 43.3 Å². The van der Waals surface area contributed by atoms with Crippen molar-refractivity contribution in [1.82, 2.24) is 10.3 Å². The Bertz CT molecular complexity index is 629. The van der Waals surface area contributed by atoms with E-state index < -0.39 is 0 Å². The Morgan fingerprint density at radius 2 is 1.86 bits per heavy atom. The molecule has 1 unspecified atom stereocenters. The summed E-state index contributed by atoms with van der Waals surface area (Å²) in [5.74, 6) is 1.91. The maximum absolute atomic E-state index is 6.02. The molecule has 1 aromatic carbocycles. The lowest BCUT2D eigenvalue weighted by atomic mass is 9.98. The number of aromatic nitrogens is 1. The average Bonchev–Trinajstić information content (AvgIpc) is 2.51. The number of anilines is 1. The fourth-order valence-electron chi connectivity index (χ4n) is 2.37. The zero-order valence-electron chi connectivity index (χ0n) is 12.8. The van der Waals surface area contributed by atoms with Crippen molar-refractivity contribution in [1.29, 1.82) is 0 Å². The number of hydrogen-bond donors (Lipinski definition) is 2. The zero-order chi connectivity index (χ0) is 15.4. The third-order valence-electron chi connectivity index (χ3n) is 3.43. The minimum absolute atomic E-state index is 0.0581. The Morgan fingerprint density at radius 1 is 1.14 bits per heavy atom. The fourth-order valence-corrected chi connectivity index (χ4v) is 2.37. The molecule has 0 bridgehead atoms. The number of nitrogens with zero attached hydrogens (tertiary/aromatic N) is 1. The van der Waals surface area contributed by atoms with E-state index in [9.17, 15) is 0 Å². The lowest BCUT2D eigenvalue weighted by Crippen LogP contribution is -2.19. The summed E-state index contributed by atoms with van der Waals surface area (Å²) >= 11 is 0. The van der Waals surface area contributed by atoms with Gasteiger partial charge in [-0.3, -0.25) is 0 Å². The summed E-state index contributed by atoms with van der Waals surface area (Å²) in [6, 6.07) is 7.81. The molecular weight excluding hydrogens is 266 g/mol. The molecule has 21 heavy (non-hydrogen) atoms. The Labute approximate surface area is 125 Å². The van der Waals surface area contributed by atoms with Crippen LogP contribution in [0.15, 0.2) is 30.5 Å². The van der Waals surface area contributed by atoms with Gasteiger partial charge in [-0.2, -0.15) is 0 Å². The summed E-state index contributed by atoms with van der Waals surface area (Å²) in [7, 11) is 5.14. The first kappa shape index (κ1) is 15.1. The summed E-state index contributed by atoms with van der Waals surface area (Å²) in [6.07, 6.45) is 1.76. The van der Waals surface area contributed by atoms with Crippen LogP contribution in [0.3, 0.4) is 0 Å². The van der Waals surface area contributed by atoms with Crippen molar-refractivity contribution < 1.29 is 9.47 Å². The number of ether oxygens (including phenoxy) is 2. The first-order valence-corrected chi connectivity index (χ1v) is 6.72. The van der Waals surface area contributed by atoms with E-state index in [0.717, 1.165) is 16.7 Å². The van der Waals surface area contributed by atoms with Crippen LogP contribution < -0.4 is 20.5 Å². The first-order chi connectivity index (χ1) is 10.1. The van der Waals surface area contributed by atoms with Crippen molar-refractivity contribution in [3.63, 3.8) is 0 Å². The number of nitrogen functional groups attached to an aromatic ring is 1. The van der Waals surface area contributed by atoms with E-state index in [1.807, 2.05) is 38.2 Å². The van der Waals surface area contributed by atoms with Crippen LogP contribution in [0.1, 0.15) is 22.7 Å². The van der Waals surface area contributed by atoms with Crippen LogP contribution in [0.25, 0.3) is 0 Å². The quantitative estimate of drug-likeness (QED) is 0.883. The first-order valence-electron chi connectivity index (χ1n) is 6.72. The van der Waals surface area contributed by atoms with E-state index >= 15 is 0 Å². The van der Waals surface area contributed by atoms with Crippen LogP contribution >= 0.6 is 0 Å². The summed E-state index contributed by atoms with van der Waals surface area (Å²) in [5, 5.41) is 3.28. The van der Waals surface area contributed by atoms with Gasteiger partial charge in [0.05, 0.1) is 20.3 Å². The van der Waals surface area contributed by atoms with E-state index in [0.29, 0.717) is 17.3 Å². The highest BCUT2D eigenvalue weighted by Gasteiger charge is 2.18. The third-order valence-corrected chi connectivity index (χ3v) is 3.43. The van der Waals surface area contributed by atoms with Gasteiger partial charge < -0.3 is 20.5 Å². The molecule has 0 radical (unpaired) electrons. The lowest BCUT2D eigenvalue weighted by Gasteiger charge is -2.20. The molecule has 0 spiro atoms. The Morgan fingerprint density at radius 3 is 2.48 bits per heavy atom. The second kappa shape index (κ2) is 6.45. The molecular formula is C16H21N3O2. The molecule has 5 heteroatoms. The third kappa shape index (κ3) is 3.08. The van der Waals surface area contributed by atoms with Crippen LogP contribution in [0.2, 0.25) is 0 Å². The molecule has 2 rings (SSSR count). The Balaban J connectivity index is 2.48. The molecule has 1 heterocycles. The predicted molar refractivity (Wildman–Crippen MR) is 83.8 cm³/mol. The number of rotatable bonds is 5. The van der Waals surface area contributed by atoms with Crippen molar-refractivity contribution in [2.45, 2.75) is 13.0 Å². The highest BCUT2D eigenvalue weighted by atomic mass is 16.5. The molecule has 0 saturated carbocycles. The lowest BCUT2D eigenvalue weighted by molar-refractivity contribution is 0.354. The van der Waals surface area contributed by atoms with E-state index in [-0.39, 0.29) is 6.04 Å². The Hall–Kier alpha value is -2.27. The van der Waals surface area contributed by atoms with Gasteiger partial charge in [0.15, 0.2) is 11.5 Å². The number of methoxy groups -OCH3 is 2. The Kier molecular flexibility index (Phi) is 4.65. The smallest absolute Gasteiger partial charge is 0.161 e. The summed E-state index contributed by atoms with van der Waals surface area (Å²) in [4.78, 5) is 4.23. The summed E-state index contributed by atoms with van der Waals surface area (Å²) in [5.41, 5.74) is 9.08. The molecule has 0 fully saturated rings. The van der Waals surface area contributed by atoms with Gasteiger partial charge in [-0.15, -0.1) is 0 Å². The van der Waals surface area contributed by atoms with E-state index in [4.69, 9.17) is 15.2 Å². The maximum atomic E-state index is 6.02. The van der Waals surface area contributed by atoms with Gasteiger partial charge in [0.25, 0.3) is 0 Å². The second-order valence-corrected chi connectivity index (χ2v) is 4.82. The minimum atomic E-state index is -0.0581. The van der Waals surface area contributed by atoms with Crippen molar-refractivity contribution in [3.8, 4) is 11.5 Å². The topological polar surface area (TPSA) is 69.4 Å². The zero-order valence-corrected chi connectivity index (χ0v) is 12.8. The van der Waals surface area contributed by atoms with Gasteiger partial charge in [-0.1, -0.05) is 6.07 Å². The van der Waals surface area contributed by atoms with Crippen LogP contribution in [-0.2, 0) is 0 Å². The molecule has 112 valence electrons. The number of aryl methyl sites for hydroxylation is 1. The van der Waals surface area contributed by atoms with Crippen LogP contribution in [-0.4, -0.2) is 26.3 Å². The fraction of sp³-hybridized carbons (Fsp3) is 0.312. The van der Waals surface area contributed by atoms with Crippen molar-refractivity contribution in [2.75, 3.05) is 27.0 Å². The molecule has 1 atom stereocenters. The summed E-state index contributed by atoms with van der Waals surface area (Å²) in [6.45, 7) is 2.00. The highest BCUT2D eigenvalue weighted by Crippen LogP contribution is 2.33. The molecule has 2 aromatic rings. The predicted octanol–water partition coefficient (Wildman–Crippen LogP) is 2.30. The number of benzene rings is 1. The van der Waals surface area contributed by atoms with Crippen molar-refractivity contribution in [3.05, 3.63) is 47.2 Å². The number of hydrogen-bond acceptors (Lipinski definition) is 5. The van der Waals surface area contributed by atoms with Crippen LogP contribution in [0, 0.1) is 6.92 Å². The van der Waals surface area contributed by atoms with Crippen molar-refractivity contribution >= 4 is 5.82 Å². The number of nitrogens with two attached hydrogens (primary N) is 1. The number of nitrogens with one attached hydrogen (secondary N) is 1. The monoisotopic (exact) mass is 287 g/mol. The molecule has 5 nitrogen and oxygen atoms in total. The van der Waals surface area contributed by atoms with Gasteiger partial charge in [0.1, 0.15) is 5.82 Å². The molecule has 3 N–H and O–H groups in total. The molecule has 0 amide bonds. The van der Waals surface area contributed by atoms with Gasteiger partial charge in [0, 0.05) is 11.8 Å². The summed E-state index contributed by atoms with van der Waals surface area (Å²) < 4.78 is 10.6. The largest absolute Gasteiger partial charge is 0.493 e. The van der Waals surface area contributed by atoms with Gasteiger partial charge in [-0.25, -0.2) is 4.98 Å². The molecule has 0 aliphatic carbocycles. The normalized spacial score (nSPS) is 12.0. The SMILES string of the molecule is CNC(c1ccc(OC)c(OC)c1)c1cc(C)cnc1N. The molecule has 0 saturated heterocycles. The van der Waals surface area contributed by atoms with E-state index in [1.165, 1.54) is 0 Å². The second-order valence-electron chi connectivity index (χ2n) is 4.82. The molecule has 0 aliphatic rings. The van der Waals surface area contributed by atoms with Crippen molar-refractivity contribution in [2.24, 2.45) is 0 Å². The van der Waals surface area contributed by atoms with Crippen LogP contribution in [0.4, 0.5) is 5.82 Å². The van der Waals surface area contributed by atoms with Crippen LogP contribution in [0.5, 0.6) is 11.5 Å². The molecule has 0 aliphatic heterocycles. The van der Waals surface area contributed by atoms with Gasteiger partial charge in [0.2, 0.25) is 0 Å². The van der Waals surface area contributed by atoms with E-state index in [1.54, 1.807) is 20.4 Å². The standard InChI is InChI=1S/C16H21N3O2/c1-10-7-12(16(17)19-9-10)15(18-2)11-5-6-13(20-3)14(8-11)21-4/h5-9,15,18H,1-4H3,(H2,17,19). The number of pyridine rings is 1. The minimum Gasteiger partial charge on any atom is -0.493 e. The maximum Gasteiger partial charge on any atom is 0.161 e. The molecule has 1 aromatic heterocycles. The van der Waals surface area contributed by atoms with Gasteiger partial charge >= 0.3 is 0 Å². The highest BCUT2D eigenvalue weighted by molar-refractivity contribution is 5.50. The average molecular weight is 287 g/mol. The van der Waals surface area contributed by atoms with E-state index in [2.05, 4.69) is 10.3 Å².